The van der Waals surface area contributed by atoms with Crippen molar-refractivity contribution in [2.75, 3.05) is 0 Å². The van der Waals surface area contributed by atoms with E-state index >= 15 is 0 Å². The highest BCUT2D eigenvalue weighted by atomic mass is 16.1. The molecule has 0 saturated heterocycles. The van der Waals surface area contributed by atoms with Gasteiger partial charge in [-0.05, 0) is 6.08 Å². The zero-order valence-corrected chi connectivity index (χ0v) is 5.16. The van der Waals surface area contributed by atoms with Crippen molar-refractivity contribution in [3.8, 4) is 0 Å². The van der Waals surface area contributed by atoms with Gasteiger partial charge in [-0.1, -0.05) is 0 Å². The largest absolute Gasteiger partial charge is 0.233 e. The minimum atomic E-state index is 0.596. The number of carbonyl (C=O) groups excluding carboxylic acids is 1. The molecule has 0 N–H and O–H groups in total. The Morgan fingerprint density at radius 3 is 3.20 bits per heavy atom. The summed E-state index contributed by atoms with van der Waals surface area (Å²) in [5.74, 6) is 1.84. The van der Waals surface area contributed by atoms with E-state index in [-0.39, 0.29) is 0 Å². The van der Waals surface area contributed by atoms with E-state index in [1.165, 1.54) is 0 Å². The quantitative estimate of drug-likeness (QED) is 0.443. The lowest BCUT2D eigenvalue weighted by Gasteiger charge is -1.83. The summed E-state index contributed by atoms with van der Waals surface area (Å²) in [6.45, 7) is 0. The van der Waals surface area contributed by atoms with Crippen molar-refractivity contribution in [2.24, 2.45) is 10.2 Å². The van der Waals surface area contributed by atoms with Crippen molar-refractivity contribution in [3.05, 3.63) is 17.2 Å². The van der Waals surface area contributed by atoms with E-state index in [0.717, 1.165) is 11.3 Å². The van der Waals surface area contributed by atoms with Crippen LogP contribution in [0.3, 0.4) is 0 Å². The molecule has 1 aliphatic carbocycles. The number of hydrogen-bond acceptors (Lipinski definition) is 3. The standard InChI is InChI=1S/C7H4N2O/c10-4-5-1-6-3-8-9-7(6)2-5/h1,3H,2H2. The van der Waals surface area contributed by atoms with Crippen molar-refractivity contribution in [1.29, 1.82) is 0 Å². The Kier molecular flexibility index (Phi) is 0.934. The van der Waals surface area contributed by atoms with Crippen LogP contribution in [0.1, 0.15) is 6.42 Å². The Bertz CT molecular complexity index is 316. The summed E-state index contributed by atoms with van der Waals surface area (Å²) in [4.78, 5) is 10.1. The van der Waals surface area contributed by atoms with Crippen LogP contribution in [0, 0.1) is 0 Å². The molecule has 0 amide bonds. The summed E-state index contributed by atoms with van der Waals surface area (Å²) in [6.07, 6.45) is 4.01. The summed E-state index contributed by atoms with van der Waals surface area (Å²) in [6, 6.07) is 0. The van der Waals surface area contributed by atoms with E-state index in [9.17, 15) is 4.79 Å². The molecule has 3 nitrogen and oxygen atoms in total. The van der Waals surface area contributed by atoms with Gasteiger partial charge >= 0.3 is 0 Å². The second-order valence-electron chi connectivity index (χ2n) is 2.20. The number of rotatable bonds is 0. The molecule has 0 radical (unpaired) electrons. The van der Waals surface area contributed by atoms with Gasteiger partial charge in [0.2, 0.25) is 0 Å². The van der Waals surface area contributed by atoms with Crippen LogP contribution in [0.2, 0.25) is 0 Å². The predicted molar refractivity (Wildman–Crippen MR) is 37.8 cm³/mol. The molecule has 2 aliphatic rings. The molecule has 48 valence electrons. The van der Waals surface area contributed by atoms with Crippen LogP contribution in [-0.2, 0) is 4.79 Å². The van der Waals surface area contributed by atoms with E-state index in [2.05, 4.69) is 10.2 Å². The van der Waals surface area contributed by atoms with Gasteiger partial charge in [0.15, 0.2) is 0 Å². The molecule has 2 rings (SSSR count). The van der Waals surface area contributed by atoms with Crippen LogP contribution in [-0.4, -0.2) is 17.9 Å². The monoisotopic (exact) mass is 132 g/mol. The van der Waals surface area contributed by atoms with E-state index < -0.39 is 0 Å². The number of fused-ring (bicyclic) bond motifs is 1. The van der Waals surface area contributed by atoms with E-state index in [1.54, 1.807) is 12.3 Å². The number of allylic oxidation sites excluding steroid dienone is 3. The first-order chi connectivity index (χ1) is 4.90. The Hall–Kier alpha value is -1.47. The summed E-state index contributed by atoms with van der Waals surface area (Å²) < 4.78 is 0. The van der Waals surface area contributed by atoms with E-state index in [1.807, 2.05) is 5.94 Å². The third-order valence-electron chi connectivity index (χ3n) is 1.53. The van der Waals surface area contributed by atoms with Gasteiger partial charge in [-0.15, -0.1) is 0 Å². The maximum Gasteiger partial charge on any atom is 0.128 e. The Morgan fingerprint density at radius 1 is 1.60 bits per heavy atom. The lowest BCUT2D eigenvalue weighted by Crippen LogP contribution is -1.90. The third kappa shape index (κ3) is 0.582. The topological polar surface area (TPSA) is 41.8 Å². The Morgan fingerprint density at radius 2 is 2.50 bits per heavy atom. The average Bonchev–Trinajstić information content (AvgIpc) is 2.42. The zero-order chi connectivity index (χ0) is 6.97. The van der Waals surface area contributed by atoms with Gasteiger partial charge in [-0.25, -0.2) is 4.79 Å². The van der Waals surface area contributed by atoms with Gasteiger partial charge in [0.05, 0.1) is 11.9 Å². The molecule has 10 heavy (non-hydrogen) atoms. The maximum absolute atomic E-state index is 10.1. The summed E-state index contributed by atoms with van der Waals surface area (Å²) >= 11 is 0. The molecule has 1 aliphatic heterocycles. The van der Waals surface area contributed by atoms with Crippen LogP contribution in [0.4, 0.5) is 0 Å². The smallest absolute Gasteiger partial charge is 0.128 e. The molecule has 0 atom stereocenters. The number of hydrogen-bond donors (Lipinski definition) is 0. The van der Waals surface area contributed by atoms with E-state index in [0.29, 0.717) is 12.0 Å². The molecular formula is C7H4N2O. The van der Waals surface area contributed by atoms with Gasteiger partial charge in [0.1, 0.15) is 5.94 Å². The van der Waals surface area contributed by atoms with Crippen LogP contribution < -0.4 is 0 Å². The first-order valence-corrected chi connectivity index (χ1v) is 2.96. The van der Waals surface area contributed by atoms with Crippen molar-refractivity contribution in [3.63, 3.8) is 0 Å². The molecule has 0 fully saturated rings. The van der Waals surface area contributed by atoms with Gasteiger partial charge < -0.3 is 0 Å². The van der Waals surface area contributed by atoms with Crippen LogP contribution in [0.5, 0.6) is 0 Å². The summed E-state index contributed by atoms with van der Waals surface area (Å²) in [5, 5.41) is 7.50. The first kappa shape index (κ1) is 5.33. The van der Waals surface area contributed by atoms with Gasteiger partial charge in [-0.2, -0.15) is 10.2 Å². The van der Waals surface area contributed by atoms with Crippen molar-refractivity contribution >= 4 is 17.9 Å². The van der Waals surface area contributed by atoms with Crippen molar-refractivity contribution in [1.82, 2.24) is 0 Å². The molecule has 3 heteroatoms. The predicted octanol–water partition coefficient (Wildman–Crippen LogP) is 0.515. The van der Waals surface area contributed by atoms with Gasteiger partial charge in [-0.3, -0.25) is 0 Å². The highest BCUT2D eigenvalue weighted by Crippen LogP contribution is 2.20. The van der Waals surface area contributed by atoms with Crippen LogP contribution in [0.15, 0.2) is 27.4 Å². The molecule has 0 aromatic carbocycles. The Labute approximate surface area is 57.5 Å². The Balaban J connectivity index is 2.51. The molecule has 0 unspecified atom stereocenters. The van der Waals surface area contributed by atoms with E-state index in [4.69, 9.17) is 0 Å². The molecule has 0 aromatic rings. The SMILES string of the molecule is O=C=C1C=C2C=NN=C2C1. The highest BCUT2D eigenvalue weighted by Gasteiger charge is 2.19. The lowest BCUT2D eigenvalue weighted by molar-refractivity contribution is 0.567. The van der Waals surface area contributed by atoms with Crippen molar-refractivity contribution in [2.45, 2.75) is 6.42 Å². The van der Waals surface area contributed by atoms with Crippen molar-refractivity contribution < 1.29 is 4.79 Å². The second kappa shape index (κ2) is 1.75. The maximum atomic E-state index is 10.1. The molecule has 1 heterocycles. The average molecular weight is 132 g/mol. The minimum absolute atomic E-state index is 0.596. The fraction of sp³-hybridized carbons (Fsp3) is 0.143. The second-order valence-corrected chi connectivity index (χ2v) is 2.20. The normalized spacial score (nSPS) is 20.2. The number of nitrogens with zero attached hydrogens (tertiary/aromatic N) is 2. The fourth-order valence-corrected chi connectivity index (χ4v) is 1.04. The zero-order valence-electron chi connectivity index (χ0n) is 5.16. The van der Waals surface area contributed by atoms with Crippen LogP contribution in [0.25, 0.3) is 0 Å². The van der Waals surface area contributed by atoms with Crippen LogP contribution >= 0.6 is 0 Å². The summed E-state index contributed by atoms with van der Waals surface area (Å²) in [5.41, 5.74) is 2.51. The third-order valence-corrected chi connectivity index (χ3v) is 1.53. The summed E-state index contributed by atoms with van der Waals surface area (Å²) in [7, 11) is 0. The molecular weight excluding hydrogens is 128 g/mol. The highest BCUT2D eigenvalue weighted by molar-refractivity contribution is 6.22. The van der Waals surface area contributed by atoms with Gasteiger partial charge in [0.25, 0.3) is 0 Å². The van der Waals surface area contributed by atoms with Gasteiger partial charge in [0, 0.05) is 17.6 Å². The lowest BCUT2D eigenvalue weighted by atomic mass is 10.2. The molecule has 0 saturated carbocycles. The molecule has 0 aromatic heterocycles. The molecule has 0 bridgehead atoms. The fourth-order valence-electron chi connectivity index (χ4n) is 1.04. The minimum Gasteiger partial charge on any atom is -0.233 e. The molecule has 0 spiro atoms. The first-order valence-electron chi connectivity index (χ1n) is 2.96.